The zero-order valence-electron chi connectivity index (χ0n) is 35.3. The number of hydrogen-bond donors (Lipinski definition) is 0. The highest BCUT2D eigenvalue weighted by molar-refractivity contribution is 6.88. The highest BCUT2D eigenvalue weighted by atomic mass is 28.3. The SMILES string of the molecule is Cc1ccc(N(c2ccc(C#N)cc2)c2ccc3cc4c(cc3c2)oc2ccc3oc5cc6cc(N(c7ccc(C#N)cc7)c7ccc([Si](C)(C)C)cc7)ccc6cc5c3c24)cc1. The van der Waals surface area contributed by atoms with Gasteiger partial charge in [0.1, 0.15) is 22.3 Å². The molecule has 0 saturated heterocycles. The largest absolute Gasteiger partial charge is 0.456 e. The van der Waals surface area contributed by atoms with Crippen molar-refractivity contribution in [3.8, 4) is 12.1 Å². The molecular formula is C56H40N4O2Si. The molecule has 6 nitrogen and oxygen atoms in total. The molecule has 0 aliphatic carbocycles. The van der Waals surface area contributed by atoms with Crippen molar-refractivity contribution in [2.45, 2.75) is 26.6 Å². The molecule has 0 aliphatic rings. The summed E-state index contributed by atoms with van der Waals surface area (Å²) in [5.41, 5.74) is 11.7. The van der Waals surface area contributed by atoms with Gasteiger partial charge in [-0.25, -0.2) is 0 Å². The number of anilines is 6. The molecule has 0 aliphatic heterocycles. The quantitative estimate of drug-likeness (QED) is 0.149. The van der Waals surface area contributed by atoms with Gasteiger partial charge in [0, 0.05) is 55.7 Å². The Morgan fingerprint density at radius 3 is 1.17 bits per heavy atom. The maximum Gasteiger partial charge on any atom is 0.136 e. The second-order valence-corrected chi connectivity index (χ2v) is 22.5. The summed E-state index contributed by atoms with van der Waals surface area (Å²) in [6, 6.07) is 63.3. The molecule has 0 saturated carbocycles. The molecule has 0 radical (unpaired) electrons. The predicted octanol–water partition coefficient (Wildman–Crippen LogP) is 15.3. The van der Waals surface area contributed by atoms with Crippen LogP contribution in [0.25, 0.3) is 65.4 Å². The highest BCUT2D eigenvalue weighted by Crippen LogP contribution is 2.44. The molecule has 0 unspecified atom stereocenters. The van der Waals surface area contributed by atoms with E-state index in [9.17, 15) is 10.5 Å². The van der Waals surface area contributed by atoms with Gasteiger partial charge < -0.3 is 18.6 Å². The lowest BCUT2D eigenvalue weighted by atomic mass is 10.0. The molecule has 0 amide bonds. The first kappa shape index (κ1) is 37.9. The maximum absolute atomic E-state index is 9.53. The second-order valence-electron chi connectivity index (χ2n) is 17.4. The first-order valence-corrected chi connectivity index (χ1v) is 24.6. The molecule has 2 heterocycles. The number of nitriles is 2. The van der Waals surface area contributed by atoms with Crippen LogP contribution in [0.1, 0.15) is 16.7 Å². The van der Waals surface area contributed by atoms with Gasteiger partial charge in [-0.3, -0.25) is 0 Å². The molecule has 9 aromatic carbocycles. The van der Waals surface area contributed by atoms with Crippen molar-refractivity contribution in [3.05, 3.63) is 187 Å². The van der Waals surface area contributed by atoms with Crippen LogP contribution in [0.3, 0.4) is 0 Å². The average Bonchev–Trinajstić information content (AvgIpc) is 3.85. The monoisotopic (exact) mass is 828 g/mol. The average molecular weight is 829 g/mol. The smallest absolute Gasteiger partial charge is 0.136 e. The third-order valence-corrected chi connectivity index (χ3v) is 14.3. The fraction of sp³-hybridized carbons (Fsp3) is 0.0714. The minimum absolute atomic E-state index is 0.622. The van der Waals surface area contributed by atoms with Crippen LogP contribution in [0.4, 0.5) is 34.1 Å². The van der Waals surface area contributed by atoms with Gasteiger partial charge in [-0.1, -0.05) is 66.8 Å². The maximum atomic E-state index is 9.53. The van der Waals surface area contributed by atoms with E-state index in [1.54, 1.807) is 0 Å². The van der Waals surface area contributed by atoms with Crippen molar-refractivity contribution in [1.82, 2.24) is 0 Å². The topological polar surface area (TPSA) is 80.3 Å². The van der Waals surface area contributed by atoms with E-state index < -0.39 is 8.07 Å². The van der Waals surface area contributed by atoms with Gasteiger partial charge in [0.2, 0.25) is 0 Å². The Bertz CT molecular complexity index is 3680. The van der Waals surface area contributed by atoms with E-state index >= 15 is 0 Å². The number of hydrogen-bond acceptors (Lipinski definition) is 6. The number of aryl methyl sites for hydroxylation is 1. The van der Waals surface area contributed by atoms with E-state index in [1.807, 2.05) is 60.7 Å². The molecule has 0 spiro atoms. The van der Waals surface area contributed by atoms with Crippen molar-refractivity contribution in [2.24, 2.45) is 0 Å². The lowest BCUT2D eigenvalue weighted by Crippen LogP contribution is -2.37. The zero-order valence-corrected chi connectivity index (χ0v) is 36.3. The summed E-state index contributed by atoms with van der Waals surface area (Å²) < 4.78 is 13.3. The lowest BCUT2D eigenvalue weighted by Gasteiger charge is -2.27. The van der Waals surface area contributed by atoms with Crippen LogP contribution in [-0.2, 0) is 0 Å². The molecule has 0 N–H and O–H groups in total. The molecule has 0 fully saturated rings. The van der Waals surface area contributed by atoms with E-state index in [0.29, 0.717) is 11.1 Å². The summed E-state index contributed by atoms with van der Waals surface area (Å²) in [6.45, 7) is 9.18. The van der Waals surface area contributed by atoms with Crippen molar-refractivity contribution >= 4 is 113 Å². The van der Waals surface area contributed by atoms with E-state index in [2.05, 4.69) is 158 Å². The Kier molecular flexibility index (Phi) is 8.73. The van der Waals surface area contributed by atoms with Crippen LogP contribution in [0.5, 0.6) is 0 Å². The van der Waals surface area contributed by atoms with Crippen LogP contribution in [0, 0.1) is 29.6 Å². The molecule has 2 aromatic heterocycles. The van der Waals surface area contributed by atoms with Gasteiger partial charge in [-0.05, 0) is 162 Å². The summed E-state index contributed by atoms with van der Waals surface area (Å²) in [4.78, 5) is 4.46. The fourth-order valence-electron chi connectivity index (χ4n) is 8.94. The van der Waals surface area contributed by atoms with Gasteiger partial charge in [-0.15, -0.1) is 0 Å². The van der Waals surface area contributed by atoms with E-state index in [4.69, 9.17) is 8.83 Å². The number of benzene rings is 9. The van der Waals surface area contributed by atoms with Crippen molar-refractivity contribution in [1.29, 1.82) is 10.5 Å². The summed E-state index contributed by atoms with van der Waals surface area (Å²) >= 11 is 0. The van der Waals surface area contributed by atoms with Gasteiger partial charge in [0.05, 0.1) is 31.3 Å². The zero-order chi connectivity index (χ0) is 43.0. The standard InChI is InChI=1S/C56H40N4O2Si/c1-35-5-13-42(14-6-35)59(43-15-7-36(33-57)8-16-43)46-19-11-38-29-49-53(31-40(38)27-46)61-51-25-26-52-56(55(49)51)50-30-39-12-20-47(28-41(39)32-54(50)62-52)60(44-17-9-37(34-58)10-18-44)45-21-23-48(24-22-45)63(2,3)4/h5-32H,1-4H3. The van der Waals surface area contributed by atoms with Crippen molar-refractivity contribution < 1.29 is 8.83 Å². The predicted molar refractivity (Wildman–Crippen MR) is 263 cm³/mol. The Hall–Kier alpha value is -8.10. The molecule has 7 heteroatoms. The van der Waals surface area contributed by atoms with Crippen LogP contribution in [-0.4, -0.2) is 8.07 Å². The van der Waals surface area contributed by atoms with Crippen LogP contribution >= 0.6 is 0 Å². The molecule has 63 heavy (non-hydrogen) atoms. The Morgan fingerprint density at radius 2 is 0.778 bits per heavy atom. The minimum Gasteiger partial charge on any atom is -0.456 e. The molecule has 0 atom stereocenters. The van der Waals surface area contributed by atoms with E-state index in [1.165, 1.54) is 10.8 Å². The summed E-state index contributed by atoms with van der Waals surface area (Å²) in [5, 5.41) is 28.9. The lowest BCUT2D eigenvalue weighted by molar-refractivity contribution is 0.663. The van der Waals surface area contributed by atoms with E-state index in [0.717, 1.165) is 99.5 Å². The Labute approximate surface area is 365 Å². The molecular weight excluding hydrogens is 789 g/mol. The number of fused-ring (bicyclic) bond motifs is 9. The van der Waals surface area contributed by atoms with E-state index in [-0.39, 0.29) is 0 Å². The normalized spacial score (nSPS) is 11.8. The summed E-state index contributed by atoms with van der Waals surface area (Å²) in [5.74, 6) is 0. The van der Waals surface area contributed by atoms with Crippen molar-refractivity contribution in [3.63, 3.8) is 0 Å². The number of furan rings is 2. The Morgan fingerprint density at radius 1 is 0.397 bits per heavy atom. The fourth-order valence-corrected chi connectivity index (χ4v) is 10.1. The summed E-state index contributed by atoms with van der Waals surface area (Å²) in [7, 11) is -1.49. The van der Waals surface area contributed by atoms with Crippen LogP contribution in [0.2, 0.25) is 19.6 Å². The van der Waals surface area contributed by atoms with Gasteiger partial charge >= 0.3 is 0 Å². The van der Waals surface area contributed by atoms with Gasteiger partial charge in [0.25, 0.3) is 0 Å². The molecule has 300 valence electrons. The number of nitrogens with zero attached hydrogens (tertiary/aromatic N) is 4. The first-order chi connectivity index (χ1) is 30.6. The summed E-state index contributed by atoms with van der Waals surface area (Å²) in [6.07, 6.45) is 0. The minimum atomic E-state index is -1.49. The molecule has 11 rings (SSSR count). The van der Waals surface area contributed by atoms with Gasteiger partial charge in [-0.2, -0.15) is 10.5 Å². The van der Waals surface area contributed by atoms with Crippen LogP contribution < -0.4 is 15.0 Å². The number of rotatable bonds is 7. The third-order valence-electron chi connectivity index (χ3n) is 12.3. The first-order valence-electron chi connectivity index (χ1n) is 21.1. The van der Waals surface area contributed by atoms with Crippen molar-refractivity contribution in [2.75, 3.05) is 9.80 Å². The molecule has 0 bridgehead atoms. The van der Waals surface area contributed by atoms with Gasteiger partial charge in [0.15, 0.2) is 0 Å². The second kappa shape index (κ2) is 14.5. The highest BCUT2D eigenvalue weighted by Gasteiger charge is 2.21. The van der Waals surface area contributed by atoms with Crippen LogP contribution in [0.15, 0.2) is 179 Å². The molecule has 11 aromatic rings. The Balaban J connectivity index is 1.02. The third kappa shape index (κ3) is 6.55.